The number of benzene rings is 1. The maximum absolute atomic E-state index is 11.5. The zero-order valence-electron chi connectivity index (χ0n) is 12.6. The van der Waals surface area contributed by atoms with Crippen molar-refractivity contribution in [3.8, 4) is 0 Å². The van der Waals surface area contributed by atoms with Crippen LogP contribution in [0.1, 0.15) is 29.8 Å². The van der Waals surface area contributed by atoms with Crippen molar-refractivity contribution in [2.45, 2.75) is 26.7 Å². The van der Waals surface area contributed by atoms with Gasteiger partial charge in [-0.25, -0.2) is 4.79 Å². The Labute approximate surface area is 133 Å². The van der Waals surface area contributed by atoms with Gasteiger partial charge in [0, 0.05) is 17.7 Å². The molecule has 0 radical (unpaired) electrons. The fourth-order valence-electron chi connectivity index (χ4n) is 1.71. The van der Waals surface area contributed by atoms with E-state index in [1.807, 2.05) is 26.0 Å². The van der Waals surface area contributed by atoms with Crippen molar-refractivity contribution < 1.29 is 23.7 Å². The van der Waals surface area contributed by atoms with E-state index in [4.69, 9.17) is 18.9 Å². The van der Waals surface area contributed by atoms with Crippen molar-refractivity contribution in [1.29, 1.82) is 0 Å². The molecule has 1 aromatic carbocycles. The van der Waals surface area contributed by atoms with Gasteiger partial charge < -0.3 is 18.9 Å². The zero-order chi connectivity index (χ0) is 15.7. The lowest BCUT2D eigenvalue weighted by Crippen LogP contribution is -2.23. The lowest BCUT2D eigenvalue weighted by molar-refractivity contribution is -0.169. The Hall–Kier alpha value is -0.950. The second-order valence-electron chi connectivity index (χ2n) is 4.16. The highest BCUT2D eigenvalue weighted by Gasteiger charge is 2.11. The summed E-state index contributed by atoms with van der Waals surface area (Å²) in [6, 6.07) is 5.37. The van der Waals surface area contributed by atoms with Gasteiger partial charge in [0.05, 0.1) is 25.9 Å². The third kappa shape index (κ3) is 6.13. The highest BCUT2D eigenvalue weighted by Crippen LogP contribution is 2.20. The molecule has 0 unspecified atom stereocenters. The van der Waals surface area contributed by atoms with Crippen molar-refractivity contribution in [2.24, 2.45) is 0 Å². The quantitative estimate of drug-likeness (QED) is 0.500. The molecule has 0 aromatic heterocycles. The van der Waals surface area contributed by atoms with Crippen LogP contribution in [-0.2, 0) is 25.6 Å². The maximum atomic E-state index is 11.5. The van der Waals surface area contributed by atoms with E-state index in [1.165, 1.54) is 7.11 Å². The number of halogens is 1. The molecule has 1 rings (SSSR count). The van der Waals surface area contributed by atoms with Crippen LogP contribution in [-0.4, -0.2) is 39.2 Å². The maximum Gasteiger partial charge on any atom is 0.339 e. The Kier molecular flexibility index (Phi) is 8.52. The number of rotatable bonds is 9. The van der Waals surface area contributed by atoms with E-state index in [0.29, 0.717) is 36.5 Å². The standard InChI is InChI=1S/C15H21BrO5/c1-4-20-14(21-5-2)10-19-9-11-6-7-12(13(16)8-11)15(17)18-3/h6-8,14H,4-5,9-10H2,1-3H3. The number of ether oxygens (including phenoxy) is 4. The van der Waals surface area contributed by atoms with Gasteiger partial charge in [0.25, 0.3) is 0 Å². The molecule has 0 saturated heterocycles. The molecule has 0 atom stereocenters. The Balaban J connectivity index is 2.52. The van der Waals surface area contributed by atoms with Crippen LogP contribution in [0.25, 0.3) is 0 Å². The summed E-state index contributed by atoms with van der Waals surface area (Å²) in [5, 5.41) is 0. The molecule has 1 aromatic rings. The van der Waals surface area contributed by atoms with Crippen LogP contribution in [0.5, 0.6) is 0 Å². The van der Waals surface area contributed by atoms with Gasteiger partial charge in [0.2, 0.25) is 0 Å². The van der Waals surface area contributed by atoms with Crippen molar-refractivity contribution in [2.75, 3.05) is 26.9 Å². The Morgan fingerprint density at radius 2 is 1.90 bits per heavy atom. The predicted molar refractivity (Wildman–Crippen MR) is 82.2 cm³/mol. The number of methoxy groups -OCH3 is 1. The van der Waals surface area contributed by atoms with Crippen LogP contribution in [0.2, 0.25) is 0 Å². The van der Waals surface area contributed by atoms with Crippen molar-refractivity contribution in [3.05, 3.63) is 33.8 Å². The fourth-order valence-corrected chi connectivity index (χ4v) is 2.30. The van der Waals surface area contributed by atoms with Crippen LogP contribution < -0.4 is 0 Å². The van der Waals surface area contributed by atoms with Crippen LogP contribution in [0.15, 0.2) is 22.7 Å². The molecule has 0 aliphatic heterocycles. The summed E-state index contributed by atoms with van der Waals surface area (Å²) in [6.07, 6.45) is -0.349. The molecule has 0 bridgehead atoms. The van der Waals surface area contributed by atoms with E-state index in [9.17, 15) is 4.79 Å². The molecule has 0 amide bonds. The molecule has 0 saturated carbocycles. The normalized spacial score (nSPS) is 10.9. The molecule has 0 fully saturated rings. The van der Waals surface area contributed by atoms with Gasteiger partial charge in [-0.1, -0.05) is 6.07 Å². The molecule has 21 heavy (non-hydrogen) atoms. The second-order valence-corrected chi connectivity index (χ2v) is 5.02. The van der Waals surface area contributed by atoms with Crippen LogP contribution in [0, 0.1) is 0 Å². The molecule has 0 N–H and O–H groups in total. The van der Waals surface area contributed by atoms with Gasteiger partial charge in [-0.15, -0.1) is 0 Å². The minimum Gasteiger partial charge on any atom is -0.465 e. The third-order valence-corrected chi connectivity index (χ3v) is 3.32. The van der Waals surface area contributed by atoms with E-state index in [0.717, 1.165) is 5.56 Å². The second kappa shape index (κ2) is 9.89. The topological polar surface area (TPSA) is 54.0 Å². The Morgan fingerprint density at radius 1 is 1.24 bits per heavy atom. The number of esters is 1. The number of hydrogen-bond acceptors (Lipinski definition) is 5. The van der Waals surface area contributed by atoms with E-state index in [2.05, 4.69) is 15.9 Å². The molecule has 0 aliphatic rings. The lowest BCUT2D eigenvalue weighted by atomic mass is 10.1. The summed E-state index contributed by atoms with van der Waals surface area (Å²) in [5.74, 6) is -0.373. The molecular weight excluding hydrogens is 340 g/mol. The van der Waals surface area contributed by atoms with E-state index in [1.54, 1.807) is 6.07 Å². The van der Waals surface area contributed by atoms with Gasteiger partial charge in [-0.2, -0.15) is 0 Å². The minimum atomic E-state index is -0.373. The molecule has 118 valence electrons. The van der Waals surface area contributed by atoms with E-state index >= 15 is 0 Å². The summed E-state index contributed by atoms with van der Waals surface area (Å²) >= 11 is 3.35. The first-order valence-electron chi connectivity index (χ1n) is 6.80. The molecule has 5 nitrogen and oxygen atoms in total. The van der Waals surface area contributed by atoms with Crippen molar-refractivity contribution in [1.82, 2.24) is 0 Å². The summed E-state index contributed by atoms with van der Waals surface area (Å²) in [4.78, 5) is 11.5. The number of hydrogen-bond donors (Lipinski definition) is 0. The van der Waals surface area contributed by atoms with Crippen LogP contribution in [0.4, 0.5) is 0 Å². The monoisotopic (exact) mass is 360 g/mol. The first kappa shape index (κ1) is 18.1. The van der Waals surface area contributed by atoms with Gasteiger partial charge in [0.1, 0.15) is 0 Å². The molecular formula is C15H21BrO5. The third-order valence-electron chi connectivity index (χ3n) is 2.67. The summed E-state index contributed by atoms with van der Waals surface area (Å²) in [7, 11) is 1.35. The molecule has 6 heteroatoms. The van der Waals surface area contributed by atoms with E-state index in [-0.39, 0.29) is 12.3 Å². The summed E-state index contributed by atoms with van der Waals surface area (Å²) in [5.41, 5.74) is 1.43. The first-order valence-corrected chi connectivity index (χ1v) is 7.59. The average molecular weight is 361 g/mol. The van der Waals surface area contributed by atoms with Gasteiger partial charge in [-0.3, -0.25) is 0 Å². The molecule has 0 heterocycles. The summed E-state index contributed by atoms with van der Waals surface area (Å²) in [6.45, 7) is 5.75. The smallest absolute Gasteiger partial charge is 0.339 e. The SMILES string of the molecule is CCOC(COCc1ccc(C(=O)OC)c(Br)c1)OCC. The lowest BCUT2D eigenvalue weighted by Gasteiger charge is -2.17. The van der Waals surface area contributed by atoms with Crippen LogP contribution >= 0.6 is 15.9 Å². The van der Waals surface area contributed by atoms with Gasteiger partial charge in [-0.05, 0) is 47.5 Å². The minimum absolute atomic E-state index is 0.349. The zero-order valence-corrected chi connectivity index (χ0v) is 14.1. The van der Waals surface area contributed by atoms with E-state index < -0.39 is 0 Å². The van der Waals surface area contributed by atoms with Gasteiger partial charge >= 0.3 is 5.97 Å². The number of carbonyl (C=O) groups excluding carboxylic acids is 1. The largest absolute Gasteiger partial charge is 0.465 e. The molecule has 0 spiro atoms. The Morgan fingerprint density at radius 3 is 2.43 bits per heavy atom. The average Bonchev–Trinajstić information content (AvgIpc) is 2.47. The first-order chi connectivity index (χ1) is 10.1. The van der Waals surface area contributed by atoms with Gasteiger partial charge in [0.15, 0.2) is 6.29 Å². The van der Waals surface area contributed by atoms with Crippen LogP contribution in [0.3, 0.4) is 0 Å². The van der Waals surface area contributed by atoms with Crippen molar-refractivity contribution >= 4 is 21.9 Å². The number of carbonyl (C=O) groups is 1. The highest BCUT2D eigenvalue weighted by atomic mass is 79.9. The Bertz CT molecular complexity index is 444. The fraction of sp³-hybridized carbons (Fsp3) is 0.533. The predicted octanol–water partition coefficient (Wildman–Crippen LogP) is 3.15. The molecule has 0 aliphatic carbocycles. The summed E-state index contributed by atoms with van der Waals surface area (Å²) < 4.78 is 21.7. The van der Waals surface area contributed by atoms with Crippen molar-refractivity contribution in [3.63, 3.8) is 0 Å². The highest BCUT2D eigenvalue weighted by molar-refractivity contribution is 9.10.